The Morgan fingerprint density at radius 1 is 0.968 bits per heavy atom. The van der Waals surface area contributed by atoms with Crippen LogP contribution in [0.15, 0.2) is 0 Å². The molecule has 0 radical (unpaired) electrons. The standard InChI is InChI=1S/C19H22F4O8/c1-2-29-15(27)17-5-9-3-10(6-17)13(11(4-9)7-17)31-12(24)8-30-16(28)19(22,23)18(20,21)14(25)26/h9-11,13H,2-8H2,1H3,(H,25,26). The number of carboxylic acids is 1. The van der Waals surface area contributed by atoms with Crippen LogP contribution in [0, 0.1) is 23.2 Å². The Balaban J connectivity index is 1.58. The molecular formula is C19H22F4O8. The van der Waals surface area contributed by atoms with E-state index in [2.05, 4.69) is 4.74 Å². The molecule has 0 amide bonds. The molecule has 4 rings (SSSR count). The van der Waals surface area contributed by atoms with E-state index in [0.29, 0.717) is 32.1 Å². The summed E-state index contributed by atoms with van der Waals surface area (Å²) in [5.74, 6) is -19.0. The van der Waals surface area contributed by atoms with Crippen molar-refractivity contribution < 1.29 is 56.1 Å². The monoisotopic (exact) mass is 454 g/mol. The number of esters is 3. The van der Waals surface area contributed by atoms with Crippen LogP contribution in [0.2, 0.25) is 0 Å². The first-order valence-corrected chi connectivity index (χ1v) is 9.87. The second kappa shape index (κ2) is 7.94. The fourth-order valence-corrected chi connectivity index (χ4v) is 5.37. The van der Waals surface area contributed by atoms with E-state index in [-0.39, 0.29) is 30.3 Å². The van der Waals surface area contributed by atoms with Gasteiger partial charge in [-0.05, 0) is 56.8 Å². The highest BCUT2D eigenvalue weighted by Crippen LogP contribution is 2.61. The van der Waals surface area contributed by atoms with Gasteiger partial charge in [0.2, 0.25) is 0 Å². The van der Waals surface area contributed by atoms with Crippen LogP contribution in [0.4, 0.5) is 17.6 Å². The van der Waals surface area contributed by atoms with E-state index < -0.39 is 47.9 Å². The Morgan fingerprint density at radius 3 is 2.06 bits per heavy atom. The molecule has 2 atom stereocenters. The normalized spacial score (nSPS) is 31.8. The molecule has 1 N–H and O–H groups in total. The number of hydrogen-bond donors (Lipinski definition) is 1. The van der Waals surface area contributed by atoms with Gasteiger partial charge in [0.15, 0.2) is 6.61 Å². The highest BCUT2D eigenvalue weighted by molar-refractivity contribution is 5.90. The first kappa shape index (κ1) is 23.3. The fraction of sp³-hybridized carbons (Fsp3) is 0.789. The molecule has 0 heterocycles. The molecule has 12 heteroatoms. The van der Waals surface area contributed by atoms with Crippen LogP contribution >= 0.6 is 0 Å². The minimum Gasteiger partial charge on any atom is -0.477 e. The van der Waals surface area contributed by atoms with Crippen molar-refractivity contribution in [2.45, 2.75) is 57.0 Å². The van der Waals surface area contributed by atoms with Gasteiger partial charge >= 0.3 is 35.7 Å². The molecule has 0 aromatic rings. The number of hydrogen-bond acceptors (Lipinski definition) is 7. The Kier molecular flexibility index (Phi) is 5.96. The zero-order valence-corrected chi connectivity index (χ0v) is 16.6. The lowest BCUT2D eigenvalue weighted by Crippen LogP contribution is -2.57. The molecule has 4 bridgehead atoms. The topological polar surface area (TPSA) is 116 Å². The van der Waals surface area contributed by atoms with Crippen LogP contribution in [0.5, 0.6) is 0 Å². The third kappa shape index (κ3) is 3.96. The lowest BCUT2D eigenvalue weighted by Gasteiger charge is -2.57. The first-order chi connectivity index (χ1) is 14.3. The molecule has 0 aromatic carbocycles. The molecular weight excluding hydrogens is 432 g/mol. The van der Waals surface area contributed by atoms with Gasteiger partial charge in [-0.2, -0.15) is 17.6 Å². The Bertz CT molecular complexity index is 767. The summed E-state index contributed by atoms with van der Waals surface area (Å²) < 4.78 is 67.2. The van der Waals surface area contributed by atoms with E-state index in [4.69, 9.17) is 14.6 Å². The number of carboxylic acid groups (broad SMARTS) is 1. The number of aliphatic carboxylic acids is 1. The number of halogens is 4. The third-order valence-electron chi connectivity index (χ3n) is 6.40. The van der Waals surface area contributed by atoms with Gasteiger partial charge in [0, 0.05) is 0 Å². The van der Waals surface area contributed by atoms with E-state index >= 15 is 0 Å². The van der Waals surface area contributed by atoms with Gasteiger partial charge < -0.3 is 19.3 Å². The molecule has 0 aromatic heterocycles. The van der Waals surface area contributed by atoms with E-state index in [1.165, 1.54) is 0 Å². The minimum absolute atomic E-state index is 0.159. The highest BCUT2D eigenvalue weighted by atomic mass is 19.3. The van der Waals surface area contributed by atoms with Gasteiger partial charge in [-0.25, -0.2) is 14.4 Å². The van der Waals surface area contributed by atoms with Crippen molar-refractivity contribution in [2.24, 2.45) is 23.2 Å². The maximum absolute atomic E-state index is 13.4. The van der Waals surface area contributed by atoms with Crippen LogP contribution < -0.4 is 0 Å². The van der Waals surface area contributed by atoms with Crippen molar-refractivity contribution >= 4 is 23.9 Å². The summed E-state index contributed by atoms with van der Waals surface area (Å²) in [5.41, 5.74) is -0.633. The maximum atomic E-state index is 13.4. The van der Waals surface area contributed by atoms with E-state index in [9.17, 15) is 36.7 Å². The summed E-state index contributed by atoms with van der Waals surface area (Å²) in [4.78, 5) is 46.0. The lowest BCUT2D eigenvalue weighted by atomic mass is 9.48. The molecule has 4 saturated carbocycles. The number of carbonyl (C=O) groups is 4. The van der Waals surface area contributed by atoms with Crippen LogP contribution in [-0.2, 0) is 33.4 Å². The summed E-state index contributed by atoms with van der Waals surface area (Å²) in [6, 6.07) is 0. The van der Waals surface area contributed by atoms with Gasteiger partial charge in [0.1, 0.15) is 6.10 Å². The maximum Gasteiger partial charge on any atom is 0.415 e. The lowest BCUT2D eigenvalue weighted by molar-refractivity contribution is -0.235. The van der Waals surface area contributed by atoms with Crippen LogP contribution in [0.3, 0.4) is 0 Å². The predicted molar refractivity (Wildman–Crippen MR) is 91.0 cm³/mol. The minimum atomic E-state index is -5.70. The van der Waals surface area contributed by atoms with Crippen molar-refractivity contribution in [3.63, 3.8) is 0 Å². The SMILES string of the molecule is CCOC(=O)C12CC3CC(C1)C(OC(=O)COC(=O)C(F)(F)C(F)(F)C(=O)O)C(C3)C2. The van der Waals surface area contributed by atoms with Crippen molar-refractivity contribution in [3.8, 4) is 0 Å². The Hall–Kier alpha value is -2.40. The van der Waals surface area contributed by atoms with Gasteiger partial charge in [0.25, 0.3) is 0 Å². The van der Waals surface area contributed by atoms with Crippen molar-refractivity contribution in [2.75, 3.05) is 13.2 Å². The molecule has 31 heavy (non-hydrogen) atoms. The number of alkyl halides is 4. The first-order valence-electron chi connectivity index (χ1n) is 9.87. The number of carbonyl (C=O) groups excluding carboxylic acids is 3. The number of rotatable bonds is 8. The molecule has 2 unspecified atom stereocenters. The van der Waals surface area contributed by atoms with Crippen molar-refractivity contribution in [3.05, 3.63) is 0 Å². The largest absolute Gasteiger partial charge is 0.477 e. The molecule has 4 fully saturated rings. The van der Waals surface area contributed by atoms with Gasteiger partial charge in [0.05, 0.1) is 12.0 Å². The third-order valence-corrected chi connectivity index (χ3v) is 6.40. The van der Waals surface area contributed by atoms with E-state index in [0.717, 1.165) is 0 Å². The molecule has 8 nitrogen and oxygen atoms in total. The smallest absolute Gasteiger partial charge is 0.415 e. The van der Waals surface area contributed by atoms with Crippen LogP contribution in [0.25, 0.3) is 0 Å². The summed E-state index contributed by atoms with van der Waals surface area (Å²) in [7, 11) is 0. The quantitative estimate of drug-likeness (QED) is 0.337. The molecule has 0 saturated heterocycles. The highest BCUT2D eigenvalue weighted by Gasteiger charge is 2.69. The van der Waals surface area contributed by atoms with Crippen LogP contribution in [0.1, 0.15) is 39.0 Å². The summed E-state index contributed by atoms with van der Waals surface area (Å²) in [6.07, 6.45) is 2.38. The van der Waals surface area contributed by atoms with Gasteiger partial charge in [-0.15, -0.1) is 0 Å². The van der Waals surface area contributed by atoms with Crippen LogP contribution in [-0.4, -0.2) is 60.1 Å². The van der Waals surface area contributed by atoms with E-state index in [1.807, 2.05) is 0 Å². The molecule has 174 valence electrons. The zero-order valence-electron chi connectivity index (χ0n) is 16.6. The molecule has 4 aliphatic rings. The molecule has 0 aliphatic heterocycles. The molecule has 4 aliphatic carbocycles. The van der Waals surface area contributed by atoms with Crippen molar-refractivity contribution in [1.29, 1.82) is 0 Å². The van der Waals surface area contributed by atoms with Gasteiger partial charge in [-0.3, -0.25) is 4.79 Å². The zero-order chi connectivity index (χ0) is 23.2. The fourth-order valence-electron chi connectivity index (χ4n) is 5.37. The summed E-state index contributed by atoms with van der Waals surface area (Å²) in [5, 5.41) is 8.17. The van der Waals surface area contributed by atoms with Gasteiger partial charge in [-0.1, -0.05) is 0 Å². The number of ether oxygens (including phenoxy) is 3. The summed E-state index contributed by atoms with van der Waals surface area (Å²) in [6.45, 7) is 0.586. The summed E-state index contributed by atoms with van der Waals surface area (Å²) >= 11 is 0. The molecule has 0 spiro atoms. The van der Waals surface area contributed by atoms with Crippen molar-refractivity contribution in [1.82, 2.24) is 0 Å². The second-order valence-electron chi connectivity index (χ2n) is 8.46. The average molecular weight is 454 g/mol. The predicted octanol–water partition coefficient (Wildman–Crippen LogP) is 2.19. The Morgan fingerprint density at radius 2 is 1.55 bits per heavy atom. The average Bonchev–Trinajstić information content (AvgIpc) is 2.68. The van der Waals surface area contributed by atoms with E-state index in [1.54, 1.807) is 6.92 Å². The second-order valence-corrected chi connectivity index (χ2v) is 8.46. The Labute approximate surface area is 174 Å².